The van der Waals surface area contributed by atoms with E-state index in [9.17, 15) is 9.59 Å². The normalized spacial score (nSPS) is 21.7. The molecule has 0 saturated carbocycles. The van der Waals surface area contributed by atoms with E-state index in [4.69, 9.17) is 0 Å². The molecule has 2 saturated heterocycles. The van der Waals surface area contributed by atoms with Gasteiger partial charge in [0.05, 0.1) is 0 Å². The van der Waals surface area contributed by atoms with E-state index in [0.717, 1.165) is 57.7 Å². The molecule has 2 fully saturated rings. The standard InChI is InChI=1S/C20H33N5O2/c1-16(26)23-10-6-17(7-11-23)20(27)25-9-4-5-18(15-25)19-21-8-12-24(19)14-13-22(2)3/h8,12,17-18H,4-7,9-11,13-15H2,1-3H3/t18-/m0/s1. The summed E-state index contributed by atoms with van der Waals surface area (Å²) in [6, 6.07) is 0. The fraction of sp³-hybridized carbons (Fsp3) is 0.750. The van der Waals surface area contributed by atoms with Gasteiger partial charge >= 0.3 is 0 Å². The average molecular weight is 376 g/mol. The van der Waals surface area contributed by atoms with Crippen molar-refractivity contribution in [2.45, 2.75) is 45.1 Å². The zero-order valence-corrected chi connectivity index (χ0v) is 16.9. The molecule has 2 aliphatic rings. The highest BCUT2D eigenvalue weighted by Gasteiger charge is 2.33. The van der Waals surface area contributed by atoms with Gasteiger partial charge in [-0.2, -0.15) is 0 Å². The number of likely N-dealkylation sites (tertiary alicyclic amines) is 2. The molecule has 1 atom stereocenters. The van der Waals surface area contributed by atoms with Gasteiger partial charge in [-0.1, -0.05) is 0 Å². The minimum atomic E-state index is 0.0628. The number of carbonyl (C=O) groups excluding carboxylic acids is 2. The number of aromatic nitrogens is 2. The number of hydrogen-bond donors (Lipinski definition) is 0. The summed E-state index contributed by atoms with van der Waals surface area (Å²) in [6.45, 7) is 6.54. The molecule has 7 nitrogen and oxygen atoms in total. The SMILES string of the molecule is CC(=O)N1CCC(C(=O)N2CCC[C@H](c3nccn3CCN(C)C)C2)CC1. The van der Waals surface area contributed by atoms with Crippen LogP contribution < -0.4 is 0 Å². The molecule has 27 heavy (non-hydrogen) atoms. The minimum absolute atomic E-state index is 0.0628. The van der Waals surface area contributed by atoms with Gasteiger partial charge in [-0.25, -0.2) is 4.98 Å². The van der Waals surface area contributed by atoms with Crippen LogP contribution in [-0.4, -0.2) is 82.9 Å². The molecule has 0 N–H and O–H groups in total. The van der Waals surface area contributed by atoms with Crippen molar-refractivity contribution in [1.82, 2.24) is 24.3 Å². The van der Waals surface area contributed by atoms with Crippen molar-refractivity contribution in [2.75, 3.05) is 46.8 Å². The van der Waals surface area contributed by atoms with Crippen LogP contribution in [0, 0.1) is 5.92 Å². The van der Waals surface area contributed by atoms with Crippen LogP contribution in [0.1, 0.15) is 44.3 Å². The maximum atomic E-state index is 13.0. The highest BCUT2D eigenvalue weighted by atomic mass is 16.2. The summed E-state index contributed by atoms with van der Waals surface area (Å²) >= 11 is 0. The van der Waals surface area contributed by atoms with Gasteiger partial charge in [0.15, 0.2) is 0 Å². The lowest BCUT2D eigenvalue weighted by molar-refractivity contribution is -0.141. The molecule has 0 radical (unpaired) electrons. The van der Waals surface area contributed by atoms with Crippen molar-refractivity contribution in [3.8, 4) is 0 Å². The Balaban J connectivity index is 1.59. The van der Waals surface area contributed by atoms with E-state index in [0.29, 0.717) is 19.0 Å². The van der Waals surface area contributed by atoms with E-state index in [-0.39, 0.29) is 17.7 Å². The zero-order valence-electron chi connectivity index (χ0n) is 16.9. The van der Waals surface area contributed by atoms with Gasteiger partial charge in [0.25, 0.3) is 0 Å². The number of likely N-dealkylation sites (N-methyl/N-ethyl adjacent to an activating group) is 1. The van der Waals surface area contributed by atoms with Gasteiger partial charge in [-0.05, 0) is 39.8 Å². The molecule has 1 aromatic heterocycles. The number of rotatable bonds is 5. The Hall–Kier alpha value is -1.89. The first-order chi connectivity index (χ1) is 13.0. The summed E-state index contributed by atoms with van der Waals surface area (Å²) in [5.41, 5.74) is 0. The first kappa shape index (κ1) is 19.9. The minimum Gasteiger partial charge on any atom is -0.343 e. The number of amides is 2. The molecule has 3 heterocycles. The van der Waals surface area contributed by atoms with Gasteiger partial charge in [0.2, 0.25) is 11.8 Å². The molecule has 0 spiro atoms. The molecule has 0 aromatic carbocycles. The fourth-order valence-corrected chi connectivity index (χ4v) is 4.27. The van der Waals surface area contributed by atoms with Crippen molar-refractivity contribution in [3.63, 3.8) is 0 Å². The van der Waals surface area contributed by atoms with Gasteiger partial charge < -0.3 is 19.3 Å². The van der Waals surface area contributed by atoms with E-state index in [1.165, 1.54) is 0 Å². The lowest BCUT2D eigenvalue weighted by Crippen LogP contribution is -2.46. The fourth-order valence-electron chi connectivity index (χ4n) is 4.27. The first-order valence-electron chi connectivity index (χ1n) is 10.2. The van der Waals surface area contributed by atoms with Crippen LogP contribution in [0.15, 0.2) is 12.4 Å². The van der Waals surface area contributed by atoms with Gasteiger partial charge in [0.1, 0.15) is 5.82 Å². The number of carbonyl (C=O) groups is 2. The van der Waals surface area contributed by atoms with Crippen LogP contribution in [-0.2, 0) is 16.1 Å². The molecular weight excluding hydrogens is 342 g/mol. The predicted octanol–water partition coefficient (Wildman–Crippen LogP) is 1.41. The van der Waals surface area contributed by atoms with Crippen molar-refractivity contribution in [2.24, 2.45) is 5.92 Å². The van der Waals surface area contributed by atoms with Crippen molar-refractivity contribution in [3.05, 3.63) is 18.2 Å². The Bertz CT molecular complexity index is 649. The second-order valence-electron chi connectivity index (χ2n) is 8.19. The van der Waals surface area contributed by atoms with Crippen molar-refractivity contribution in [1.29, 1.82) is 0 Å². The van der Waals surface area contributed by atoms with Gasteiger partial charge in [-0.15, -0.1) is 0 Å². The van der Waals surface area contributed by atoms with Crippen LogP contribution in [0.5, 0.6) is 0 Å². The maximum absolute atomic E-state index is 13.0. The largest absolute Gasteiger partial charge is 0.343 e. The molecule has 7 heteroatoms. The second kappa shape index (κ2) is 8.87. The topological polar surface area (TPSA) is 61.7 Å². The Morgan fingerprint density at radius 1 is 1.15 bits per heavy atom. The van der Waals surface area contributed by atoms with E-state index < -0.39 is 0 Å². The van der Waals surface area contributed by atoms with Gasteiger partial charge in [-0.3, -0.25) is 9.59 Å². The van der Waals surface area contributed by atoms with E-state index in [2.05, 4.69) is 34.7 Å². The number of imidazole rings is 1. The van der Waals surface area contributed by atoms with Crippen LogP contribution in [0.2, 0.25) is 0 Å². The first-order valence-corrected chi connectivity index (χ1v) is 10.2. The molecule has 3 rings (SSSR count). The summed E-state index contributed by atoms with van der Waals surface area (Å²) in [7, 11) is 4.16. The van der Waals surface area contributed by atoms with Crippen LogP contribution in [0.25, 0.3) is 0 Å². The molecule has 0 bridgehead atoms. The lowest BCUT2D eigenvalue weighted by atomic mass is 9.92. The van der Waals surface area contributed by atoms with Gasteiger partial charge in [0, 0.05) is 70.4 Å². The quantitative estimate of drug-likeness (QED) is 0.781. The summed E-state index contributed by atoms with van der Waals surface area (Å²) in [4.78, 5) is 35.2. The maximum Gasteiger partial charge on any atom is 0.225 e. The lowest BCUT2D eigenvalue weighted by Gasteiger charge is -2.37. The molecule has 2 amide bonds. The van der Waals surface area contributed by atoms with Crippen molar-refractivity contribution < 1.29 is 9.59 Å². The third kappa shape index (κ3) is 4.89. The van der Waals surface area contributed by atoms with Crippen LogP contribution in [0.4, 0.5) is 0 Å². The summed E-state index contributed by atoms with van der Waals surface area (Å²) < 4.78 is 2.24. The monoisotopic (exact) mass is 375 g/mol. The number of hydrogen-bond acceptors (Lipinski definition) is 4. The molecule has 0 unspecified atom stereocenters. The third-order valence-electron chi connectivity index (χ3n) is 5.92. The van der Waals surface area contributed by atoms with Crippen molar-refractivity contribution >= 4 is 11.8 Å². The average Bonchev–Trinajstić information content (AvgIpc) is 3.14. The highest BCUT2D eigenvalue weighted by Crippen LogP contribution is 2.28. The predicted molar refractivity (Wildman–Crippen MR) is 104 cm³/mol. The number of piperidine rings is 2. The summed E-state index contributed by atoms with van der Waals surface area (Å²) in [5.74, 6) is 1.88. The second-order valence-corrected chi connectivity index (χ2v) is 8.19. The third-order valence-corrected chi connectivity index (χ3v) is 5.92. The van der Waals surface area contributed by atoms with E-state index >= 15 is 0 Å². The van der Waals surface area contributed by atoms with Crippen LogP contribution in [0.3, 0.4) is 0 Å². The number of nitrogens with zero attached hydrogens (tertiary/aromatic N) is 5. The van der Waals surface area contributed by atoms with Crippen LogP contribution >= 0.6 is 0 Å². The Morgan fingerprint density at radius 2 is 1.89 bits per heavy atom. The molecule has 0 aliphatic carbocycles. The van der Waals surface area contributed by atoms with E-state index in [1.807, 2.05) is 16.0 Å². The summed E-state index contributed by atoms with van der Waals surface area (Å²) in [6.07, 6.45) is 7.63. The molecule has 150 valence electrons. The Kier molecular flexibility index (Phi) is 6.52. The molecular formula is C20H33N5O2. The molecule has 2 aliphatic heterocycles. The summed E-state index contributed by atoms with van der Waals surface area (Å²) in [5, 5.41) is 0. The van der Waals surface area contributed by atoms with E-state index in [1.54, 1.807) is 6.92 Å². The Labute approximate surface area is 162 Å². The smallest absolute Gasteiger partial charge is 0.225 e. The zero-order chi connectivity index (χ0) is 19.4. The Morgan fingerprint density at radius 3 is 2.56 bits per heavy atom. The highest BCUT2D eigenvalue weighted by molar-refractivity contribution is 5.80. The molecule has 1 aromatic rings.